The number of rotatable bonds is 4. The first-order chi connectivity index (χ1) is 6.29. The van der Waals surface area contributed by atoms with E-state index in [1.807, 2.05) is 6.92 Å². The molecule has 0 amide bonds. The molecule has 0 fully saturated rings. The number of carbonyl (C=O) groups is 1. The van der Waals surface area contributed by atoms with Gasteiger partial charge in [0.05, 0.1) is 11.5 Å². The van der Waals surface area contributed by atoms with Gasteiger partial charge in [-0.15, -0.1) is 0 Å². The number of aldehydes is 1. The highest BCUT2D eigenvalue weighted by molar-refractivity contribution is 7.80. The van der Waals surface area contributed by atoms with E-state index in [-0.39, 0.29) is 6.54 Å². The number of hydrogen-bond acceptors (Lipinski definition) is 3. The second-order valence-corrected chi connectivity index (χ2v) is 2.91. The van der Waals surface area contributed by atoms with Crippen LogP contribution in [0.15, 0.2) is 12.4 Å². The quantitative estimate of drug-likeness (QED) is 0.581. The van der Waals surface area contributed by atoms with Crippen molar-refractivity contribution in [1.82, 2.24) is 9.97 Å². The first kappa shape index (κ1) is 9.85. The summed E-state index contributed by atoms with van der Waals surface area (Å²) in [4.78, 5) is 19.7. The van der Waals surface area contributed by atoms with Crippen molar-refractivity contribution in [1.29, 1.82) is 0 Å². The Morgan fingerprint density at radius 3 is 3.08 bits per heavy atom. The lowest BCUT2D eigenvalue weighted by atomic mass is 10.4. The van der Waals surface area contributed by atoms with Gasteiger partial charge < -0.3 is 9.78 Å². The molecule has 0 unspecified atom stereocenters. The van der Waals surface area contributed by atoms with Gasteiger partial charge in [-0.3, -0.25) is 4.90 Å². The summed E-state index contributed by atoms with van der Waals surface area (Å²) in [6, 6.07) is 0. The molecule has 0 aromatic carbocycles. The van der Waals surface area contributed by atoms with Gasteiger partial charge in [0.1, 0.15) is 6.29 Å². The van der Waals surface area contributed by atoms with E-state index in [1.54, 1.807) is 17.3 Å². The number of thiocarbonyl (C=S) groups is 1. The van der Waals surface area contributed by atoms with Gasteiger partial charge in [-0.2, -0.15) is 0 Å². The van der Waals surface area contributed by atoms with Gasteiger partial charge in [0, 0.05) is 12.4 Å². The smallest absolute Gasteiger partial charge is 0.208 e. The summed E-state index contributed by atoms with van der Waals surface area (Å²) in [7, 11) is 0. The summed E-state index contributed by atoms with van der Waals surface area (Å²) in [5.41, 5.74) is 0. The summed E-state index contributed by atoms with van der Waals surface area (Å²) in [6.45, 7) is 2.20. The third-order valence-corrected chi connectivity index (χ3v) is 2.11. The number of carbonyl (C=O) groups excluding carboxylic acids is 1. The van der Waals surface area contributed by atoms with Gasteiger partial charge in [0.25, 0.3) is 0 Å². The van der Waals surface area contributed by atoms with Crippen molar-refractivity contribution in [2.24, 2.45) is 0 Å². The van der Waals surface area contributed by atoms with Crippen LogP contribution < -0.4 is 4.90 Å². The molecule has 0 saturated carbocycles. The molecule has 0 aliphatic rings. The highest BCUT2D eigenvalue weighted by atomic mass is 32.1. The second kappa shape index (κ2) is 4.71. The van der Waals surface area contributed by atoms with Crippen molar-refractivity contribution >= 4 is 29.4 Å². The zero-order valence-corrected chi connectivity index (χ0v) is 8.17. The van der Waals surface area contributed by atoms with Crippen LogP contribution in [0.5, 0.6) is 0 Å². The van der Waals surface area contributed by atoms with E-state index in [1.165, 1.54) is 0 Å². The lowest BCUT2D eigenvalue weighted by Crippen LogP contribution is -2.31. The highest BCUT2D eigenvalue weighted by Crippen LogP contribution is 2.07. The topological polar surface area (TPSA) is 49.0 Å². The van der Waals surface area contributed by atoms with E-state index in [2.05, 4.69) is 9.97 Å². The van der Waals surface area contributed by atoms with Gasteiger partial charge in [-0.05, 0) is 6.42 Å². The molecular formula is C8H11N3OS. The Kier molecular flexibility index (Phi) is 3.57. The van der Waals surface area contributed by atoms with Gasteiger partial charge in [-0.1, -0.05) is 19.1 Å². The largest absolute Gasteiger partial charge is 0.331 e. The number of hydrogen-bond donors (Lipinski definition) is 1. The zero-order valence-electron chi connectivity index (χ0n) is 7.36. The van der Waals surface area contributed by atoms with Gasteiger partial charge in [0.2, 0.25) is 5.95 Å². The van der Waals surface area contributed by atoms with Crippen molar-refractivity contribution in [2.45, 2.75) is 13.3 Å². The maximum atomic E-state index is 10.4. The zero-order chi connectivity index (χ0) is 9.68. The summed E-state index contributed by atoms with van der Waals surface area (Å²) >= 11 is 5.10. The molecule has 0 aliphatic heterocycles. The van der Waals surface area contributed by atoms with E-state index in [4.69, 9.17) is 12.2 Å². The van der Waals surface area contributed by atoms with Crippen molar-refractivity contribution in [3.05, 3.63) is 12.4 Å². The molecule has 70 valence electrons. The number of nitrogens with one attached hydrogen (secondary N) is 1. The predicted molar refractivity (Wildman–Crippen MR) is 54.9 cm³/mol. The average Bonchev–Trinajstić information content (AvgIpc) is 2.65. The van der Waals surface area contributed by atoms with Crippen molar-refractivity contribution in [2.75, 3.05) is 11.4 Å². The fraction of sp³-hybridized carbons (Fsp3) is 0.375. The molecule has 1 aromatic rings. The summed E-state index contributed by atoms with van der Waals surface area (Å²) in [5.74, 6) is 0.624. The van der Waals surface area contributed by atoms with Crippen LogP contribution in [0, 0.1) is 0 Å². The number of nitrogens with zero attached hydrogens (tertiary/aromatic N) is 2. The standard InChI is InChI=1S/C8H11N3OS/c1-2-7(13)11(5-6-12)8-9-3-4-10-8/h3-4,6H,2,5H2,1H3,(H,9,10). The Labute approximate surface area is 82.0 Å². The van der Waals surface area contributed by atoms with Gasteiger partial charge in [0.15, 0.2) is 0 Å². The van der Waals surface area contributed by atoms with E-state index in [0.717, 1.165) is 12.7 Å². The number of H-pyrrole nitrogens is 1. The van der Waals surface area contributed by atoms with Crippen LogP contribution in [0.2, 0.25) is 0 Å². The molecule has 0 radical (unpaired) electrons. The monoisotopic (exact) mass is 197 g/mol. The number of aromatic amines is 1. The predicted octanol–water partition coefficient (Wildman–Crippen LogP) is 1.15. The van der Waals surface area contributed by atoms with Crippen molar-refractivity contribution < 1.29 is 4.79 Å². The number of imidazole rings is 1. The van der Waals surface area contributed by atoms with Crippen molar-refractivity contribution in [3.63, 3.8) is 0 Å². The summed E-state index contributed by atoms with van der Waals surface area (Å²) in [6.07, 6.45) is 4.87. The summed E-state index contributed by atoms with van der Waals surface area (Å²) in [5, 5.41) is 0. The Balaban J connectivity index is 2.79. The van der Waals surface area contributed by atoms with Crippen LogP contribution in [-0.2, 0) is 4.79 Å². The first-order valence-electron chi connectivity index (χ1n) is 4.03. The maximum absolute atomic E-state index is 10.4. The third kappa shape index (κ3) is 2.35. The molecule has 0 saturated heterocycles. The van der Waals surface area contributed by atoms with Crippen LogP contribution >= 0.6 is 12.2 Å². The second-order valence-electron chi connectivity index (χ2n) is 2.44. The Morgan fingerprint density at radius 2 is 2.62 bits per heavy atom. The van der Waals surface area contributed by atoms with Gasteiger partial charge in [-0.25, -0.2) is 4.98 Å². The van der Waals surface area contributed by atoms with Gasteiger partial charge >= 0.3 is 0 Å². The molecule has 0 aliphatic carbocycles. The van der Waals surface area contributed by atoms with E-state index in [0.29, 0.717) is 10.9 Å². The fourth-order valence-corrected chi connectivity index (χ4v) is 1.14. The van der Waals surface area contributed by atoms with Crippen LogP contribution in [-0.4, -0.2) is 27.8 Å². The fourth-order valence-electron chi connectivity index (χ4n) is 0.976. The van der Waals surface area contributed by atoms with Crippen LogP contribution in [0.1, 0.15) is 13.3 Å². The van der Waals surface area contributed by atoms with E-state index < -0.39 is 0 Å². The van der Waals surface area contributed by atoms with Crippen LogP contribution in [0.25, 0.3) is 0 Å². The minimum Gasteiger partial charge on any atom is -0.331 e. The Morgan fingerprint density at radius 1 is 1.85 bits per heavy atom. The number of aromatic nitrogens is 2. The van der Waals surface area contributed by atoms with Crippen LogP contribution in [0.3, 0.4) is 0 Å². The molecule has 4 nitrogen and oxygen atoms in total. The van der Waals surface area contributed by atoms with Crippen molar-refractivity contribution in [3.8, 4) is 0 Å². The molecule has 0 bridgehead atoms. The van der Waals surface area contributed by atoms with E-state index in [9.17, 15) is 4.79 Å². The number of anilines is 1. The Bertz CT molecular complexity index is 284. The van der Waals surface area contributed by atoms with E-state index >= 15 is 0 Å². The molecular weight excluding hydrogens is 186 g/mol. The normalized spacial score (nSPS) is 9.62. The minimum absolute atomic E-state index is 0.250. The van der Waals surface area contributed by atoms with Crippen LogP contribution in [0.4, 0.5) is 5.95 Å². The highest BCUT2D eigenvalue weighted by Gasteiger charge is 2.11. The third-order valence-electron chi connectivity index (χ3n) is 1.60. The molecule has 0 spiro atoms. The maximum Gasteiger partial charge on any atom is 0.208 e. The molecule has 13 heavy (non-hydrogen) atoms. The molecule has 1 N–H and O–H groups in total. The average molecular weight is 197 g/mol. The molecule has 1 aromatic heterocycles. The molecule has 0 atom stereocenters. The lowest BCUT2D eigenvalue weighted by Gasteiger charge is -2.18. The SMILES string of the molecule is CCC(=S)N(CC=O)c1ncc[nH]1. The molecule has 1 heterocycles. The Hall–Kier alpha value is -1.23. The molecule has 5 heteroatoms. The molecule has 1 rings (SSSR count). The lowest BCUT2D eigenvalue weighted by molar-refractivity contribution is -0.106. The summed E-state index contributed by atoms with van der Waals surface area (Å²) < 4.78 is 0. The first-order valence-corrected chi connectivity index (χ1v) is 4.43. The minimum atomic E-state index is 0.250.